The van der Waals surface area contributed by atoms with Gasteiger partial charge in [0, 0.05) is 11.4 Å². The number of nitrogens with one attached hydrogen (secondary N) is 2. The average Bonchev–Trinajstić information content (AvgIpc) is 2.60. The van der Waals surface area contributed by atoms with Crippen LogP contribution in [0.4, 0.5) is 11.4 Å². The van der Waals surface area contributed by atoms with Crippen LogP contribution in [0.3, 0.4) is 0 Å². The maximum atomic E-state index is 9.13. The Hall–Kier alpha value is -3.94. The molecule has 0 bridgehead atoms. The second kappa shape index (κ2) is 8.63. The highest BCUT2D eigenvalue weighted by Gasteiger charge is 2.00. The summed E-state index contributed by atoms with van der Waals surface area (Å²) in [7, 11) is 0. The fourth-order valence-electron chi connectivity index (χ4n) is 1.94. The van der Waals surface area contributed by atoms with Crippen molar-refractivity contribution in [1.82, 2.24) is 11.0 Å². The zero-order chi connectivity index (χ0) is 18.1. The van der Waals surface area contributed by atoms with Gasteiger partial charge in [-0.15, -0.1) is 0 Å². The lowest BCUT2D eigenvalue weighted by Crippen LogP contribution is -2.24. The molecule has 6 N–H and O–H groups in total. The van der Waals surface area contributed by atoms with Crippen LogP contribution in [0.15, 0.2) is 59.9 Å². The fourth-order valence-corrected chi connectivity index (χ4v) is 1.94. The molecular weight excluding hydrogens is 316 g/mol. The molecule has 2 aromatic rings. The number of nitrogens with two attached hydrogens (primary N) is 2. The van der Waals surface area contributed by atoms with Crippen molar-refractivity contribution in [1.29, 1.82) is 10.5 Å². The lowest BCUT2D eigenvalue weighted by Gasteiger charge is -2.07. The summed E-state index contributed by atoms with van der Waals surface area (Å²) in [6.45, 7) is 0. The third-order valence-corrected chi connectivity index (χ3v) is 3.01. The topological polar surface area (TPSA) is 133 Å². The number of hydrogen-bond acceptors (Lipinski definition) is 7. The molecule has 7 nitrogen and oxygen atoms in total. The Bertz CT molecular complexity index is 815. The molecule has 0 amide bonds. The minimum absolute atomic E-state index is 0.138. The summed E-state index contributed by atoms with van der Waals surface area (Å²) < 4.78 is 0. The van der Waals surface area contributed by atoms with Crippen molar-refractivity contribution in [3.8, 4) is 12.1 Å². The van der Waals surface area contributed by atoms with Crippen LogP contribution < -0.4 is 22.4 Å². The third kappa shape index (κ3) is 5.64. The van der Waals surface area contributed by atoms with Gasteiger partial charge < -0.3 is 11.5 Å². The van der Waals surface area contributed by atoms with Gasteiger partial charge in [0.05, 0.1) is 0 Å². The number of nitrogen functional groups attached to an aromatic ring is 2. The molecule has 0 radical (unpaired) electrons. The van der Waals surface area contributed by atoms with Crippen molar-refractivity contribution < 1.29 is 4.94 Å². The van der Waals surface area contributed by atoms with Crippen LogP contribution in [0, 0.1) is 22.7 Å². The van der Waals surface area contributed by atoms with E-state index in [1.165, 1.54) is 0 Å². The van der Waals surface area contributed by atoms with Crippen LogP contribution in [0.5, 0.6) is 0 Å². The van der Waals surface area contributed by atoms with E-state index in [4.69, 9.17) is 26.9 Å². The molecule has 0 saturated heterocycles. The summed E-state index contributed by atoms with van der Waals surface area (Å²) >= 11 is 0. The first-order valence-electron chi connectivity index (χ1n) is 7.23. The first-order valence-corrected chi connectivity index (χ1v) is 7.23. The molecule has 0 fully saturated rings. The Morgan fingerprint density at radius 2 is 1.28 bits per heavy atom. The molecule has 0 aliphatic heterocycles. The number of rotatable bonds is 6. The molecule has 0 unspecified atom stereocenters. The van der Waals surface area contributed by atoms with E-state index < -0.39 is 0 Å². The highest BCUT2D eigenvalue weighted by molar-refractivity contribution is 5.61. The Labute approximate surface area is 145 Å². The SMILES string of the molecule is N#CC(=Cc1cccc(N)c1)NONC(C#N)=Cc1cccc(N)c1. The van der Waals surface area contributed by atoms with Crippen LogP contribution >= 0.6 is 0 Å². The largest absolute Gasteiger partial charge is 0.399 e. The lowest BCUT2D eigenvalue weighted by molar-refractivity contribution is 0.00372. The summed E-state index contributed by atoms with van der Waals surface area (Å²) in [5.74, 6) is 0. The minimum Gasteiger partial charge on any atom is -0.399 e. The van der Waals surface area contributed by atoms with Crippen molar-refractivity contribution in [2.45, 2.75) is 0 Å². The van der Waals surface area contributed by atoms with E-state index in [0.29, 0.717) is 11.4 Å². The monoisotopic (exact) mass is 332 g/mol. The predicted octanol–water partition coefficient (Wildman–Crippen LogP) is 2.31. The van der Waals surface area contributed by atoms with Crippen molar-refractivity contribution in [2.75, 3.05) is 11.5 Å². The third-order valence-electron chi connectivity index (χ3n) is 3.01. The fraction of sp³-hybridized carbons (Fsp3) is 0. The van der Waals surface area contributed by atoms with E-state index in [-0.39, 0.29) is 11.4 Å². The van der Waals surface area contributed by atoms with Crippen molar-refractivity contribution >= 4 is 23.5 Å². The quantitative estimate of drug-likeness (QED) is 0.362. The van der Waals surface area contributed by atoms with E-state index in [9.17, 15) is 0 Å². The maximum Gasteiger partial charge on any atom is 0.140 e. The van der Waals surface area contributed by atoms with Crippen LogP contribution in [-0.4, -0.2) is 0 Å². The highest BCUT2D eigenvalue weighted by atomic mass is 16.8. The average molecular weight is 332 g/mol. The van der Waals surface area contributed by atoms with E-state index in [1.54, 1.807) is 60.7 Å². The van der Waals surface area contributed by atoms with Crippen molar-refractivity contribution in [3.05, 3.63) is 71.1 Å². The van der Waals surface area contributed by atoms with E-state index in [0.717, 1.165) is 11.1 Å². The van der Waals surface area contributed by atoms with Crippen molar-refractivity contribution in [2.24, 2.45) is 0 Å². The number of nitriles is 2. The van der Waals surface area contributed by atoms with Crippen LogP contribution in [0.1, 0.15) is 11.1 Å². The molecule has 0 aliphatic carbocycles. The molecule has 0 aromatic heterocycles. The number of nitrogens with zero attached hydrogens (tertiary/aromatic N) is 2. The number of hydrogen-bond donors (Lipinski definition) is 4. The summed E-state index contributed by atoms with van der Waals surface area (Å²) in [5, 5.41) is 18.3. The molecule has 0 aliphatic rings. The van der Waals surface area contributed by atoms with Gasteiger partial charge >= 0.3 is 0 Å². The summed E-state index contributed by atoms with van der Waals surface area (Å²) in [6.07, 6.45) is 3.12. The lowest BCUT2D eigenvalue weighted by atomic mass is 10.2. The smallest absolute Gasteiger partial charge is 0.140 e. The molecule has 0 spiro atoms. The molecule has 124 valence electrons. The zero-order valence-corrected chi connectivity index (χ0v) is 13.2. The predicted molar refractivity (Wildman–Crippen MR) is 96.2 cm³/mol. The molecule has 2 aromatic carbocycles. The maximum absolute atomic E-state index is 9.13. The Balaban J connectivity index is 2.00. The summed E-state index contributed by atoms with van der Waals surface area (Å²) in [4.78, 5) is 5.00. The number of anilines is 2. The Morgan fingerprint density at radius 3 is 1.64 bits per heavy atom. The van der Waals surface area contributed by atoms with E-state index >= 15 is 0 Å². The van der Waals surface area contributed by atoms with Gasteiger partial charge in [0.25, 0.3) is 0 Å². The van der Waals surface area contributed by atoms with Gasteiger partial charge in [0.15, 0.2) is 0 Å². The van der Waals surface area contributed by atoms with Gasteiger partial charge in [-0.3, -0.25) is 0 Å². The molecule has 25 heavy (non-hydrogen) atoms. The molecular formula is C18H16N6O. The van der Waals surface area contributed by atoms with Gasteiger partial charge in [0.1, 0.15) is 23.5 Å². The highest BCUT2D eigenvalue weighted by Crippen LogP contribution is 2.11. The molecule has 0 saturated carbocycles. The van der Waals surface area contributed by atoms with Gasteiger partial charge in [-0.25, -0.2) is 11.0 Å². The number of hydroxylamine groups is 2. The van der Waals surface area contributed by atoms with Crippen LogP contribution in [-0.2, 0) is 4.94 Å². The molecule has 7 heteroatoms. The Kier molecular flexibility index (Phi) is 6.01. The van der Waals surface area contributed by atoms with Gasteiger partial charge in [0.2, 0.25) is 0 Å². The minimum atomic E-state index is 0.138. The Morgan fingerprint density at radius 1 is 0.840 bits per heavy atom. The second-order valence-corrected chi connectivity index (χ2v) is 4.99. The first kappa shape index (κ1) is 17.4. The van der Waals surface area contributed by atoms with Gasteiger partial charge in [-0.2, -0.15) is 15.5 Å². The summed E-state index contributed by atoms with van der Waals surface area (Å²) in [5.41, 5.74) is 19.2. The van der Waals surface area contributed by atoms with E-state index in [1.807, 2.05) is 12.1 Å². The molecule has 2 rings (SSSR count). The standard InChI is InChI=1S/C18H16N6O/c19-11-17(9-13-3-1-5-15(21)7-13)23-25-24-18(12-20)10-14-4-2-6-16(22)8-14/h1-10,23-24H,21-22H2. The molecule has 0 heterocycles. The van der Waals surface area contributed by atoms with E-state index in [2.05, 4.69) is 11.0 Å². The zero-order valence-electron chi connectivity index (χ0n) is 13.2. The van der Waals surface area contributed by atoms with Crippen molar-refractivity contribution in [3.63, 3.8) is 0 Å². The van der Waals surface area contributed by atoms with Gasteiger partial charge in [-0.1, -0.05) is 24.3 Å². The van der Waals surface area contributed by atoms with Gasteiger partial charge in [-0.05, 0) is 47.5 Å². The number of allylic oxidation sites excluding steroid dienone is 2. The summed E-state index contributed by atoms with van der Waals surface area (Å²) in [6, 6.07) is 17.9. The van der Waals surface area contributed by atoms with Crippen LogP contribution in [0.2, 0.25) is 0 Å². The molecule has 0 atom stereocenters. The second-order valence-electron chi connectivity index (χ2n) is 4.99. The number of benzene rings is 2. The first-order chi connectivity index (χ1) is 12.1. The van der Waals surface area contributed by atoms with Crippen LogP contribution in [0.25, 0.3) is 12.2 Å². The normalized spacial score (nSPS) is 11.3.